The van der Waals surface area contributed by atoms with Gasteiger partial charge in [0.2, 0.25) is 0 Å². The SMILES string of the molecule is Cc1cc(C(C)(C)c2ccc(-c3ccc(N)cc3)c(C)c2)ccc1-c1ccc(N)cc1. The molecule has 0 saturated heterocycles. The number of nitrogens with two attached hydrogens (primary N) is 2. The maximum atomic E-state index is 5.85. The normalized spacial score (nSPS) is 11.5. The van der Waals surface area contributed by atoms with Crippen molar-refractivity contribution >= 4 is 11.4 Å². The van der Waals surface area contributed by atoms with Gasteiger partial charge in [-0.15, -0.1) is 0 Å². The number of hydrogen-bond donors (Lipinski definition) is 2. The molecule has 0 aliphatic carbocycles. The Morgan fingerprint density at radius 2 is 0.871 bits per heavy atom. The van der Waals surface area contributed by atoms with Gasteiger partial charge >= 0.3 is 0 Å². The van der Waals surface area contributed by atoms with Crippen molar-refractivity contribution in [3.8, 4) is 22.3 Å². The molecule has 0 aromatic heterocycles. The number of benzene rings is 4. The molecule has 0 saturated carbocycles. The molecule has 2 heteroatoms. The fourth-order valence-corrected chi connectivity index (χ4v) is 4.24. The molecule has 31 heavy (non-hydrogen) atoms. The largest absolute Gasteiger partial charge is 0.399 e. The van der Waals surface area contributed by atoms with Gasteiger partial charge in [-0.1, -0.05) is 74.5 Å². The topological polar surface area (TPSA) is 52.0 Å². The summed E-state index contributed by atoms with van der Waals surface area (Å²) in [6.07, 6.45) is 0. The van der Waals surface area contributed by atoms with E-state index in [-0.39, 0.29) is 5.41 Å². The van der Waals surface area contributed by atoms with E-state index >= 15 is 0 Å². The Balaban J connectivity index is 1.68. The fraction of sp³-hybridized carbons (Fsp3) is 0.172. The minimum Gasteiger partial charge on any atom is -0.399 e. The smallest absolute Gasteiger partial charge is 0.0314 e. The molecule has 0 fully saturated rings. The van der Waals surface area contributed by atoms with Crippen molar-refractivity contribution in [1.82, 2.24) is 0 Å². The van der Waals surface area contributed by atoms with Crippen LogP contribution in [-0.2, 0) is 5.41 Å². The van der Waals surface area contributed by atoms with Gasteiger partial charge in [-0.2, -0.15) is 0 Å². The Kier molecular flexibility index (Phi) is 5.32. The van der Waals surface area contributed by atoms with Crippen molar-refractivity contribution in [2.45, 2.75) is 33.1 Å². The number of rotatable bonds is 4. The fourth-order valence-electron chi connectivity index (χ4n) is 4.24. The molecule has 0 heterocycles. The molecule has 4 rings (SSSR count). The van der Waals surface area contributed by atoms with Crippen LogP contribution in [0.15, 0.2) is 84.9 Å². The monoisotopic (exact) mass is 406 g/mol. The predicted octanol–water partition coefficient (Wildman–Crippen LogP) is 7.13. The van der Waals surface area contributed by atoms with Crippen LogP contribution in [0.1, 0.15) is 36.1 Å². The average molecular weight is 407 g/mol. The molecule has 4 aromatic carbocycles. The van der Waals surface area contributed by atoms with Gasteiger partial charge < -0.3 is 11.5 Å². The maximum absolute atomic E-state index is 5.85. The van der Waals surface area contributed by atoms with E-state index < -0.39 is 0 Å². The van der Waals surface area contributed by atoms with Crippen molar-refractivity contribution in [3.05, 3.63) is 107 Å². The van der Waals surface area contributed by atoms with Gasteiger partial charge in [-0.25, -0.2) is 0 Å². The molecule has 0 aliphatic rings. The summed E-state index contributed by atoms with van der Waals surface area (Å²) in [4.78, 5) is 0. The minimum atomic E-state index is -0.102. The first-order valence-corrected chi connectivity index (χ1v) is 10.7. The van der Waals surface area contributed by atoms with Crippen LogP contribution in [0.3, 0.4) is 0 Å². The molecule has 0 amide bonds. The van der Waals surface area contributed by atoms with Crippen LogP contribution in [0, 0.1) is 13.8 Å². The molecule has 0 atom stereocenters. The number of anilines is 2. The molecule has 156 valence electrons. The lowest BCUT2D eigenvalue weighted by Gasteiger charge is -2.28. The van der Waals surface area contributed by atoms with Crippen LogP contribution >= 0.6 is 0 Å². The summed E-state index contributed by atoms with van der Waals surface area (Å²) in [5, 5.41) is 0. The van der Waals surface area contributed by atoms with Crippen molar-refractivity contribution in [2.75, 3.05) is 11.5 Å². The van der Waals surface area contributed by atoms with E-state index in [1.807, 2.05) is 24.3 Å². The van der Waals surface area contributed by atoms with Crippen LogP contribution < -0.4 is 11.5 Å². The van der Waals surface area contributed by atoms with Crippen molar-refractivity contribution in [2.24, 2.45) is 0 Å². The van der Waals surface area contributed by atoms with E-state index in [9.17, 15) is 0 Å². The maximum Gasteiger partial charge on any atom is 0.0314 e. The lowest BCUT2D eigenvalue weighted by atomic mass is 9.76. The number of hydrogen-bond acceptors (Lipinski definition) is 2. The minimum absolute atomic E-state index is 0.102. The van der Waals surface area contributed by atoms with E-state index in [1.165, 1.54) is 44.5 Å². The highest BCUT2D eigenvalue weighted by Gasteiger charge is 2.24. The van der Waals surface area contributed by atoms with Gasteiger partial charge in [0, 0.05) is 16.8 Å². The van der Waals surface area contributed by atoms with Crippen LogP contribution in [0.25, 0.3) is 22.3 Å². The summed E-state index contributed by atoms with van der Waals surface area (Å²) in [6, 6.07) is 29.8. The highest BCUT2D eigenvalue weighted by atomic mass is 14.5. The van der Waals surface area contributed by atoms with E-state index in [4.69, 9.17) is 11.5 Å². The first kappa shape index (κ1) is 20.7. The lowest BCUT2D eigenvalue weighted by molar-refractivity contribution is 0.640. The summed E-state index contributed by atoms with van der Waals surface area (Å²) in [6.45, 7) is 8.95. The molecular weight excluding hydrogens is 376 g/mol. The Morgan fingerprint density at radius 1 is 0.516 bits per heavy atom. The van der Waals surface area contributed by atoms with Crippen LogP contribution in [0.2, 0.25) is 0 Å². The van der Waals surface area contributed by atoms with Gasteiger partial charge in [0.1, 0.15) is 0 Å². The van der Waals surface area contributed by atoms with Crippen LogP contribution in [0.5, 0.6) is 0 Å². The Hall–Kier alpha value is -3.52. The van der Waals surface area contributed by atoms with Gasteiger partial charge in [0.15, 0.2) is 0 Å². The quantitative estimate of drug-likeness (QED) is 0.354. The Bertz CT molecular complexity index is 1120. The third-order valence-electron chi connectivity index (χ3n) is 6.34. The van der Waals surface area contributed by atoms with Gasteiger partial charge in [-0.3, -0.25) is 0 Å². The summed E-state index contributed by atoms with van der Waals surface area (Å²) in [7, 11) is 0. The molecule has 2 nitrogen and oxygen atoms in total. The van der Waals surface area contributed by atoms with Crippen molar-refractivity contribution in [1.29, 1.82) is 0 Å². The molecule has 0 aliphatic heterocycles. The predicted molar refractivity (Wildman–Crippen MR) is 134 cm³/mol. The summed E-state index contributed by atoms with van der Waals surface area (Å²) in [5.41, 5.74) is 23.2. The van der Waals surface area contributed by atoms with Gasteiger partial charge in [0.05, 0.1) is 0 Å². The Labute approximate surface area is 185 Å². The summed E-state index contributed by atoms with van der Waals surface area (Å²) in [5.74, 6) is 0. The molecule has 4 N–H and O–H groups in total. The van der Waals surface area contributed by atoms with Crippen LogP contribution in [-0.4, -0.2) is 0 Å². The standard InChI is InChI=1S/C29H30N2/c1-19-17-23(9-15-27(19)21-5-11-25(30)12-6-21)29(3,4)24-10-16-28(20(2)18-24)22-7-13-26(31)14-8-22/h5-18H,30-31H2,1-4H3. The number of aryl methyl sites for hydroxylation is 2. The van der Waals surface area contributed by atoms with Crippen LogP contribution in [0.4, 0.5) is 11.4 Å². The van der Waals surface area contributed by atoms with Gasteiger partial charge in [-0.05, 0) is 82.6 Å². The molecule has 0 radical (unpaired) electrons. The molecule has 0 bridgehead atoms. The molecule has 0 unspecified atom stereocenters. The number of nitrogen functional groups attached to an aromatic ring is 2. The average Bonchev–Trinajstić information content (AvgIpc) is 2.75. The highest BCUT2D eigenvalue weighted by Crippen LogP contribution is 2.36. The molecular formula is C29H30N2. The summed E-state index contributed by atoms with van der Waals surface area (Å²) >= 11 is 0. The molecule has 4 aromatic rings. The first-order valence-electron chi connectivity index (χ1n) is 10.7. The first-order chi connectivity index (χ1) is 14.8. The second kappa shape index (κ2) is 7.96. The van der Waals surface area contributed by atoms with Crippen molar-refractivity contribution in [3.63, 3.8) is 0 Å². The lowest BCUT2D eigenvalue weighted by Crippen LogP contribution is -2.19. The molecule has 0 spiro atoms. The zero-order chi connectivity index (χ0) is 22.2. The second-order valence-corrected chi connectivity index (χ2v) is 8.93. The van der Waals surface area contributed by atoms with E-state index in [0.29, 0.717) is 0 Å². The Morgan fingerprint density at radius 3 is 1.19 bits per heavy atom. The van der Waals surface area contributed by atoms with E-state index in [1.54, 1.807) is 0 Å². The van der Waals surface area contributed by atoms with Gasteiger partial charge in [0.25, 0.3) is 0 Å². The zero-order valence-corrected chi connectivity index (χ0v) is 18.7. The third kappa shape index (κ3) is 4.06. The highest BCUT2D eigenvalue weighted by molar-refractivity contribution is 5.71. The van der Waals surface area contributed by atoms with E-state index in [2.05, 4.69) is 88.4 Å². The zero-order valence-electron chi connectivity index (χ0n) is 18.7. The second-order valence-electron chi connectivity index (χ2n) is 8.93. The van der Waals surface area contributed by atoms with E-state index in [0.717, 1.165) is 11.4 Å². The van der Waals surface area contributed by atoms with Crippen molar-refractivity contribution < 1.29 is 0 Å². The summed E-state index contributed by atoms with van der Waals surface area (Å²) < 4.78 is 0. The third-order valence-corrected chi connectivity index (χ3v) is 6.34.